The fourth-order valence-corrected chi connectivity index (χ4v) is 5.16. The molecule has 0 aliphatic rings. The number of benzene rings is 3. The summed E-state index contributed by atoms with van der Waals surface area (Å²) >= 11 is 0. The monoisotopic (exact) mass is 621 g/mol. The minimum Gasteiger partial charge on any atom is -0.493 e. The Morgan fingerprint density at radius 2 is 1.49 bits per heavy atom. The van der Waals surface area contributed by atoms with Gasteiger partial charge < -0.3 is 9.47 Å². The molecule has 0 saturated heterocycles. The van der Waals surface area contributed by atoms with Gasteiger partial charge in [-0.1, -0.05) is 24.3 Å². The van der Waals surface area contributed by atoms with Crippen LogP contribution in [0.15, 0.2) is 79.0 Å². The van der Waals surface area contributed by atoms with Gasteiger partial charge in [-0.3, -0.25) is 9.40 Å². The number of rotatable bonds is 9. The van der Waals surface area contributed by atoms with Gasteiger partial charge in [0, 0.05) is 5.56 Å². The van der Waals surface area contributed by atoms with Gasteiger partial charge in [0.05, 0.1) is 36.8 Å². The van der Waals surface area contributed by atoms with Gasteiger partial charge in [-0.2, -0.15) is 31.4 Å². The van der Waals surface area contributed by atoms with Crippen LogP contribution >= 0.6 is 12.4 Å². The molecular weight excluding hydrogens is 600 g/mol. The zero-order valence-corrected chi connectivity index (χ0v) is 22.7. The molecular formula is C26H22ClF6N3O4S. The Kier molecular flexibility index (Phi) is 9.49. The first kappa shape index (κ1) is 31.6. The summed E-state index contributed by atoms with van der Waals surface area (Å²) in [6.45, 7) is -0.585. The first-order valence-corrected chi connectivity index (χ1v) is 13.1. The third-order valence-corrected chi connectivity index (χ3v) is 7.34. The third-order valence-electron chi connectivity index (χ3n) is 5.64. The highest BCUT2D eigenvalue weighted by Gasteiger charge is 2.39. The zero-order chi connectivity index (χ0) is 29.1. The Labute approximate surface area is 237 Å². The highest BCUT2D eigenvalue weighted by Crippen LogP contribution is 2.35. The summed E-state index contributed by atoms with van der Waals surface area (Å²) in [5, 5.41) is 6.40. The van der Waals surface area contributed by atoms with Crippen LogP contribution in [0.1, 0.15) is 11.1 Å². The first-order valence-electron chi connectivity index (χ1n) is 11.4. The van der Waals surface area contributed by atoms with E-state index in [2.05, 4.69) is 10.2 Å². The minimum absolute atomic E-state index is 0. The lowest BCUT2D eigenvalue weighted by molar-refractivity contribution is -0.137. The topological polar surface area (TPSA) is 84.5 Å². The second kappa shape index (κ2) is 12.3. The number of nitrogens with one attached hydrogen (secondary N) is 1. The van der Waals surface area contributed by atoms with Crippen molar-refractivity contribution in [2.45, 2.75) is 18.9 Å². The molecule has 4 aromatic rings. The molecule has 0 aliphatic carbocycles. The maximum atomic E-state index is 13.2. The molecule has 41 heavy (non-hydrogen) atoms. The number of aromatic amines is 1. The number of H-pyrrole nitrogens is 1. The van der Waals surface area contributed by atoms with Gasteiger partial charge in [-0.25, -0.2) is 8.42 Å². The average molecular weight is 622 g/mol. The van der Waals surface area contributed by atoms with Crippen LogP contribution < -0.4 is 13.8 Å². The molecule has 0 radical (unpaired) electrons. The number of anilines is 1. The molecule has 0 bridgehead atoms. The van der Waals surface area contributed by atoms with E-state index in [4.69, 9.17) is 9.47 Å². The van der Waals surface area contributed by atoms with Gasteiger partial charge in [-0.15, -0.1) is 12.4 Å². The second-order valence-electron chi connectivity index (χ2n) is 8.47. The Bertz CT molecular complexity index is 1560. The fraction of sp³-hybridized carbons (Fsp3) is 0.192. The molecule has 4 rings (SSSR count). The van der Waals surface area contributed by atoms with Crippen molar-refractivity contribution in [1.82, 2.24) is 10.2 Å². The zero-order valence-electron chi connectivity index (χ0n) is 21.0. The molecule has 0 amide bonds. The molecule has 0 fully saturated rings. The van der Waals surface area contributed by atoms with Crippen LogP contribution in [0.25, 0.3) is 11.3 Å². The smallest absolute Gasteiger partial charge is 0.416 e. The van der Waals surface area contributed by atoms with Crippen LogP contribution in [-0.4, -0.2) is 37.7 Å². The minimum atomic E-state index is -5.03. The number of alkyl halides is 6. The number of hydrogen-bond donors (Lipinski definition) is 1. The van der Waals surface area contributed by atoms with Crippen LogP contribution in [0.3, 0.4) is 0 Å². The number of para-hydroxylation sites is 2. The quantitative estimate of drug-likeness (QED) is 0.200. The number of nitrogens with zero attached hydrogens (tertiary/aromatic N) is 2. The Hall–Kier alpha value is -3.91. The van der Waals surface area contributed by atoms with Crippen LogP contribution in [0.4, 0.5) is 32.0 Å². The average Bonchev–Trinajstić information content (AvgIpc) is 3.35. The Morgan fingerprint density at radius 3 is 2.05 bits per heavy atom. The fourth-order valence-electron chi connectivity index (χ4n) is 3.81. The maximum absolute atomic E-state index is 13.2. The predicted octanol–water partition coefficient (Wildman–Crippen LogP) is 7.22. The molecule has 1 heterocycles. The second-order valence-corrected chi connectivity index (χ2v) is 10.4. The summed E-state index contributed by atoms with van der Waals surface area (Å²) in [6.07, 6.45) is -8.40. The van der Waals surface area contributed by atoms with Crippen molar-refractivity contribution in [1.29, 1.82) is 0 Å². The summed E-state index contributed by atoms with van der Waals surface area (Å²) in [7, 11) is -3.51. The van der Waals surface area contributed by atoms with E-state index in [-0.39, 0.29) is 40.7 Å². The van der Waals surface area contributed by atoms with Crippen LogP contribution in [-0.2, 0) is 22.7 Å². The van der Waals surface area contributed by atoms with E-state index in [0.717, 1.165) is 24.3 Å². The largest absolute Gasteiger partial charge is 0.493 e. The van der Waals surface area contributed by atoms with Crippen molar-refractivity contribution in [3.05, 3.63) is 90.1 Å². The van der Waals surface area contributed by atoms with E-state index < -0.39 is 40.2 Å². The van der Waals surface area contributed by atoms with Gasteiger partial charge in [0.15, 0.2) is 17.3 Å². The third kappa shape index (κ3) is 7.85. The molecule has 0 spiro atoms. The number of halogens is 7. The number of sulfonamides is 1. The molecule has 220 valence electrons. The summed E-state index contributed by atoms with van der Waals surface area (Å²) in [5.74, 6) is -1.09. The summed E-state index contributed by atoms with van der Waals surface area (Å²) in [5.41, 5.74) is -0.482. The molecule has 0 unspecified atom stereocenters. The van der Waals surface area contributed by atoms with Gasteiger partial charge in [0.1, 0.15) is 5.75 Å². The van der Waals surface area contributed by atoms with Crippen molar-refractivity contribution in [2.24, 2.45) is 0 Å². The first-order chi connectivity index (χ1) is 18.8. The number of hydrogen-bond acceptors (Lipinski definition) is 5. The normalized spacial score (nSPS) is 12.0. The van der Waals surface area contributed by atoms with Gasteiger partial charge in [0.2, 0.25) is 10.0 Å². The van der Waals surface area contributed by atoms with E-state index in [0.29, 0.717) is 15.8 Å². The van der Waals surface area contributed by atoms with Gasteiger partial charge >= 0.3 is 12.4 Å². The number of methoxy groups -OCH3 is 1. The molecule has 1 N–H and O–H groups in total. The maximum Gasteiger partial charge on any atom is 0.416 e. The van der Waals surface area contributed by atoms with Gasteiger partial charge in [-0.05, 0) is 54.1 Å². The van der Waals surface area contributed by atoms with Crippen LogP contribution in [0.5, 0.6) is 17.2 Å². The van der Waals surface area contributed by atoms with E-state index in [1.807, 2.05) is 0 Å². The van der Waals surface area contributed by atoms with E-state index >= 15 is 0 Å². The van der Waals surface area contributed by atoms with E-state index in [1.165, 1.54) is 37.6 Å². The van der Waals surface area contributed by atoms with Crippen molar-refractivity contribution in [3.8, 4) is 28.5 Å². The summed E-state index contributed by atoms with van der Waals surface area (Å²) in [6, 6.07) is 16.0. The molecule has 15 heteroatoms. The van der Waals surface area contributed by atoms with E-state index in [1.54, 1.807) is 24.3 Å². The summed E-state index contributed by atoms with van der Waals surface area (Å²) in [4.78, 5) is 0. The lowest BCUT2D eigenvalue weighted by Crippen LogP contribution is -2.37. The molecule has 1 aromatic heterocycles. The summed E-state index contributed by atoms with van der Waals surface area (Å²) < 4.78 is 116. The number of ether oxygens (including phenoxy) is 2. The van der Waals surface area contributed by atoms with Crippen LogP contribution in [0, 0.1) is 0 Å². The van der Waals surface area contributed by atoms with E-state index in [9.17, 15) is 34.8 Å². The molecule has 0 saturated carbocycles. The molecule has 0 atom stereocenters. The van der Waals surface area contributed by atoms with Gasteiger partial charge in [0.25, 0.3) is 0 Å². The Morgan fingerprint density at radius 1 is 0.878 bits per heavy atom. The highest BCUT2D eigenvalue weighted by atomic mass is 35.5. The lowest BCUT2D eigenvalue weighted by Gasteiger charge is -2.25. The van der Waals surface area contributed by atoms with Crippen molar-refractivity contribution < 1.29 is 44.2 Å². The van der Waals surface area contributed by atoms with Crippen molar-refractivity contribution >= 4 is 28.1 Å². The highest BCUT2D eigenvalue weighted by molar-refractivity contribution is 7.92. The lowest BCUT2D eigenvalue weighted by atomic mass is 10.1. The molecule has 3 aromatic carbocycles. The van der Waals surface area contributed by atoms with Crippen molar-refractivity contribution in [2.75, 3.05) is 17.2 Å². The van der Waals surface area contributed by atoms with Crippen LogP contribution in [0.2, 0.25) is 0 Å². The standard InChI is InChI=1S/C26H21F6N3O4S.ClH/c1-38-22-4-2-3-5-23(22)39-21-12-10-20(11-13-21)35(40(36,37)16-25(27,28)29)15-18-14-33-34-24(18)17-6-8-19(9-7-17)26(30,31)32;/h2-14H,15-16H2,1H3,(H,33,34);1H. The predicted molar refractivity (Wildman–Crippen MR) is 142 cm³/mol. The number of aromatic nitrogens is 2. The SMILES string of the molecule is COc1ccccc1Oc1ccc(N(Cc2cn[nH]c2-c2ccc(C(F)(F)F)cc2)S(=O)(=O)CC(F)(F)F)cc1.Cl. The van der Waals surface area contributed by atoms with Crippen molar-refractivity contribution in [3.63, 3.8) is 0 Å². The Balaban J connectivity index is 0.00000462. The molecule has 0 aliphatic heterocycles. The molecule has 7 nitrogen and oxygen atoms in total.